The van der Waals surface area contributed by atoms with Crippen molar-refractivity contribution in [1.82, 2.24) is 10.2 Å². The van der Waals surface area contributed by atoms with Gasteiger partial charge in [0.05, 0.1) is 10.6 Å². The van der Waals surface area contributed by atoms with Gasteiger partial charge in [-0.15, -0.1) is 12.6 Å². The summed E-state index contributed by atoms with van der Waals surface area (Å²) in [6.45, 7) is 3.19. The molecule has 1 saturated heterocycles. The summed E-state index contributed by atoms with van der Waals surface area (Å²) in [4.78, 5) is 15.3. The van der Waals surface area contributed by atoms with Gasteiger partial charge in [0.1, 0.15) is 0 Å². The molecule has 0 radical (unpaired) electrons. The van der Waals surface area contributed by atoms with Crippen molar-refractivity contribution < 1.29 is 4.79 Å². The molecule has 0 saturated carbocycles. The molecule has 19 heavy (non-hydrogen) atoms. The molecule has 1 aliphatic rings. The minimum Gasteiger partial charge on any atom is -0.349 e. The molecule has 0 aliphatic carbocycles. The monoisotopic (exact) mass is 298 g/mol. The zero-order valence-electron chi connectivity index (χ0n) is 11.2. The summed E-state index contributed by atoms with van der Waals surface area (Å²) in [5.74, 6) is -0.109. The average Bonchev–Trinajstić information content (AvgIpc) is 2.36. The van der Waals surface area contributed by atoms with E-state index in [-0.39, 0.29) is 11.9 Å². The van der Waals surface area contributed by atoms with Crippen LogP contribution in [0.5, 0.6) is 0 Å². The second kappa shape index (κ2) is 6.16. The predicted octanol–water partition coefficient (Wildman–Crippen LogP) is 2.84. The fourth-order valence-electron chi connectivity index (χ4n) is 2.37. The number of rotatable bonds is 2. The highest BCUT2D eigenvalue weighted by atomic mass is 35.5. The minimum atomic E-state index is -0.109. The first-order chi connectivity index (χ1) is 8.97. The van der Waals surface area contributed by atoms with Crippen LogP contribution in [-0.2, 0) is 0 Å². The highest BCUT2D eigenvalue weighted by Gasteiger charge is 2.24. The van der Waals surface area contributed by atoms with Gasteiger partial charge in [0.15, 0.2) is 0 Å². The van der Waals surface area contributed by atoms with Gasteiger partial charge >= 0.3 is 0 Å². The highest BCUT2D eigenvalue weighted by molar-refractivity contribution is 7.80. The number of carbonyl (C=O) groups is 1. The van der Waals surface area contributed by atoms with Gasteiger partial charge in [0.25, 0.3) is 5.91 Å². The summed E-state index contributed by atoms with van der Waals surface area (Å²) in [6, 6.07) is 5.90. The Balaban J connectivity index is 2.03. The third-order valence-electron chi connectivity index (χ3n) is 3.74. The molecule has 1 N–H and O–H groups in total. The van der Waals surface area contributed by atoms with Crippen molar-refractivity contribution in [3.05, 3.63) is 28.8 Å². The first-order valence-corrected chi connectivity index (χ1v) is 7.29. The first-order valence-electron chi connectivity index (χ1n) is 6.47. The van der Waals surface area contributed by atoms with Gasteiger partial charge < -0.3 is 10.2 Å². The molecule has 0 bridgehead atoms. The molecule has 1 aliphatic heterocycles. The molecule has 0 spiro atoms. The van der Waals surface area contributed by atoms with Crippen molar-refractivity contribution in [2.75, 3.05) is 13.6 Å². The largest absolute Gasteiger partial charge is 0.349 e. The number of likely N-dealkylation sites (tertiary alicyclic amines) is 1. The zero-order valence-corrected chi connectivity index (χ0v) is 12.8. The van der Waals surface area contributed by atoms with Crippen molar-refractivity contribution in [2.45, 2.75) is 36.7 Å². The summed E-state index contributed by atoms with van der Waals surface area (Å²) in [7, 11) is 2.12. The summed E-state index contributed by atoms with van der Waals surface area (Å²) >= 11 is 10.3. The van der Waals surface area contributed by atoms with E-state index in [1.165, 1.54) is 0 Å². The van der Waals surface area contributed by atoms with E-state index in [4.69, 9.17) is 11.6 Å². The number of carbonyl (C=O) groups excluding carboxylic acids is 1. The SMILES string of the molecule is CC1CC(NC(=O)c2cc(S)ccc2Cl)CCN1C. The van der Waals surface area contributed by atoms with Crippen LogP contribution in [0.4, 0.5) is 0 Å². The fourth-order valence-corrected chi connectivity index (χ4v) is 2.78. The Bertz CT molecular complexity index is 481. The maximum Gasteiger partial charge on any atom is 0.253 e. The number of nitrogens with zero attached hydrogens (tertiary/aromatic N) is 1. The molecular weight excluding hydrogens is 280 g/mol. The molecule has 1 fully saturated rings. The molecule has 1 aromatic carbocycles. The van der Waals surface area contributed by atoms with Crippen molar-refractivity contribution in [2.24, 2.45) is 0 Å². The van der Waals surface area contributed by atoms with Crippen molar-refractivity contribution >= 4 is 30.1 Å². The molecule has 1 aromatic rings. The lowest BCUT2D eigenvalue weighted by Crippen LogP contribution is -2.47. The maximum atomic E-state index is 12.2. The smallest absolute Gasteiger partial charge is 0.253 e. The Morgan fingerprint density at radius 1 is 1.53 bits per heavy atom. The second-order valence-electron chi connectivity index (χ2n) is 5.19. The summed E-state index contributed by atoms with van der Waals surface area (Å²) in [5.41, 5.74) is 0.501. The van der Waals surface area contributed by atoms with Crippen molar-refractivity contribution in [1.29, 1.82) is 0 Å². The van der Waals surface area contributed by atoms with Gasteiger partial charge in [-0.25, -0.2) is 0 Å². The lowest BCUT2D eigenvalue weighted by atomic mass is 9.98. The van der Waals surface area contributed by atoms with Gasteiger partial charge in [-0.05, 0) is 45.0 Å². The van der Waals surface area contributed by atoms with Crippen LogP contribution in [0.1, 0.15) is 30.1 Å². The fraction of sp³-hybridized carbons (Fsp3) is 0.500. The number of thiol groups is 1. The summed E-state index contributed by atoms with van der Waals surface area (Å²) < 4.78 is 0. The maximum absolute atomic E-state index is 12.2. The lowest BCUT2D eigenvalue weighted by Gasteiger charge is -2.35. The van der Waals surface area contributed by atoms with E-state index >= 15 is 0 Å². The Kier molecular flexibility index (Phi) is 4.76. The van der Waals surface area contributed by atoms with Crippen LogP contribution in [0.25, 0.3) is 0 Å². The molecule has 104 valence electrons. The number of nitrogens with one attached hydrogen (secondary N) is 1. The van der Waals surface area contributed by atoms with Crippen LogP contribution in [0.15, 0.2) is 23.1 Å². The van der Waals surface area contributed by atoms with E-state index in [9.17, 15) is 4.79 Å². The Labute approximate surface area is 124 Å². The Morgan fingerprint density at radius 2 is 2.26 bits per heavy atom. The molecule has 0 aromatic heterocycles. The van der Waals surface area contributed by atoms with Crippen LogP contribution in [0, 0.1) is 0 Å². The number of hydrogen-bond acceptors (Lipinski definition) is 3. The van der Waals surface area contributed by atoms with Gasteiger partial charge in [-0.3, -0.25) is 4.79 Å². The normalized spacial score (nSPS) is 24.2. The highest BCUT2D eigenvalue weighted by Crippen LogP contribution is 2.21. The van der Waals surface area contributed by atoms with E-state index in [2.05, 4.69) is 36.8 Å². The summed E-state index contributed by atoms with van der Waals surface area (Å²) in [5, 5.41) is 3.54. The minimum absolute atomic E-state index is 0.109. The topological polar surface area (TPSA) is 32.3 Å². The standard InChI is InChI=1S/C14H19ClN2OS/c1-9-7-10(5-6-17(9)2)16-14(18)12-8-11(19)3-4-13(12)15/h3-4,8-10,19H,5-7H2,1-2H3,(H,16,18). The van der Waals surface area contributed by atoms with Crippen molar-refractivity contribution in [3.8, 4) is 0 Å². The number of halogens is 1. The van der Waals surface area contributed by atoms with Crippen molar-refractivity contribution in [3.63, 3.8) is 0 Å². The van der Waals surface area contributed by atoms with E-state index in [0.29, 0.717) is 16.6 Å². The van der Waals surface area contributed by atoms with E-state index in [1.807, 2.05) is 0 Å². The molecule has 3 nitrogen and oxygen atoms in total. The third kappa shape index (κ3) is 3.65. The molecular formula is C14H19ClN2OS. The quantitative estimate of drug-likeness (QED) is 0.823. The summed E-state index contributed by atoms with van der Waals surface area (Å²) in [6.07, 6.45) is 1.95. The zero-order chi connectivity index (χ0) is 14.0. The van der Waals surface area contributed by atoms with E-state index < -0.39 is 0 Å². The van der Waals surface area contributed by atoms with Gasteiger partial charge in [0, 0.05) is 23.5 Å². The van der Waals surface area contributed by atoms with Crippen LogP contribution < -0.4 is 5.32 Å². The van der Waals surface area contributed by atoms with Gasteiger partial charge in [0.2, 0.25) is 0 Å². The van der Waals surface area contributed by atoms with Gasteiger partial charge in [-0.1, -0.05) is 11.6 Å². The van der Waals surface area contributed by atoms with E-state index in [1.54, 1.807) is 18.2 Å². The Hall–Kier alpha value is -0.710. The molecule has 2 unspecified atom stereocenters. The van der Waals surface area contributed by atoms with Crippen LogP contribution >= 0.6 is 24.2 Å². The second-order valence-corrected chi connectivity index (χ2v) is 6.11. The third-order valence-corrected chi connectivity index (χ3v) is 4.35. The molecule has 1 heterocycles. The first kappa shape index (κ1) is 14.7. The van der Waals surface area contributed by atoms with Crippen LogP contribution in [-0.4, -0.2) is 36.5 Å². The predicted molar refractivity (Wildman–Crippen MR) is 81.3 cm³/mol. The van der Waals surface area contributed by atoms with Gasteiger partial charge in [-0.2, -0.15) is 0 Å². The van der Waals surface area contributed by atoms with Crippen LogP contribution in [0.3, 0.4) is 0 Å². The van der Waals surface area contributed by atoms with E-state index in [0.717, 1.165) is 24.3 Å². The average molecular weight is 299 g/mol. The molecule has 1 amide bonds. The Morgan fingerprint density at radius 3 is 2.95 bits per heavy atom. The number of benzene rings is 1. The molecule has 2 atom stereocenters. The lowest BCUT2D eigenvalue weighted by molar-refractivity contribution is 0.0896. The number of amides is 1. The number of piperidine rings is 1. The number of hydrogen-bond donors (Lipinski definition) is 2. The van der Waals surface area contributed by atoms with Crippen LogP contribution in [0.2, 0.25) is 5.02 Å². The molecule has 5 heteroatoms. The molecule has 2 rings (SSSR count).